The summed E-state index contributed by atoms with van der Waals surface area (Å²) in [6.45, 7) is 4.98. The number of carbonyl (C=O) groups is 1. The maximum Gasteiger partial charge on any atom is 0.254 e. The zero-order valence-corrected chi connectivity index (χ0v) is 17.8. The molecular weight excluding hydrogens is 368 g/mol. The highest BCUT2D eigenvalue weighted by Crippen LogP contribution is 2.33. The van der Waals surface area contributed by atoms with E-state index in [-0.39, 0.29) is 5.91 Å². The van der Waals surface area contributed by atoms with Crippen LogP contribution < -0.4 is 0 Å². The van der Waals surface area contributed by atoms with Gasteiger partial charge < -0.3 is 4.90 Å². The van der Waals surface area contributed by atoms with Gasteiger partial charge in [-0.2, -0.15) is 0 Å². The molecule has 0 spiro atoms. The Kier molecular flexibility index (Phi) is 4.90. The van der Waals surface area contributed by atoms with E-state index in [9.17, 15) is 4.79 Å². The van der Waals surface area contributed by atoms with E-state index in [2.05, 4.69) is 59.3 Å². The third kappa shape index (κ3) is 3.54. The lowest BCUT2D eigenvalue weighted by molar-refractivity contribution is 0.0707. The van der Waals surface area contributed by atoms with E-state index in [0.29, 0.717) is 6.04 Å². The third-order valence-electron chi connectivity index (χ3n) is 6.74. The van der Waals surface area contributed by atoms with Crippen molar-refractivity contribution in [3.63, 3.8) is 0 Å². The van der Waals surface area contributed by atoms with Crippen molar-refractivity contribution in [2.24, 2.45) is 0 Å². The number of aromatic nitrogens is 1. The monoisotopic (exact) mass is 396 g/mol. The van der Waals surface area contributed by atoms with Gasteiger partial charge in [-0.3, -0.25) is 9.78 Å². The first kappa shape index (κ1) is 19.0. The third-order valence-corrected chi connectivity index (χ3v) is 6.74. The van der Waals surface area contributed by atoms with Crippen molar-refractivity contribution in [2.45, 2.75) is 58.5 Å². The van der Waals surface area contributed by atoms with Crippen LogP contribution in [0.4, 0.5) is 0 Å². The summed E-state index contributed by atoms with van der Waals surface area (Å²) < 4.78 is 0. The average Bonchev–Trinajstić information content (AvgIpc) is 3.38. The highest BCUT2D eigenvalue weighted by Gasteiger charge is 2.34. The minimum atomic E-state index is 0.238. The fraction of sp³-hybridized carbons (Fsp3) is 0.333. The molecule has 2 aromatic carbocycles. The molecule has 3 heteroatoms. The second kappa shape index (κ2) is 7.71. The molecule has 1 amide bonds. The van der Waals surface area contributed by atoms with Gasteiger partial charge in [0.2, 0.25) is 0 Å². The second-order valence-electron chi connectivity index (χ2n) is 8.87. The van der Waals surface area contributed by atoms with Gasteiger partial charge >= 0.3 is 0 Å². The minimum Gasteiger partial charge on any atom is -0.331 e. The Morgan fingerprint density at radius 3 is 2.47 bits per heavy atom. The van der Waals surface area contributed by atoms with E-state index in [1.807, 2.05) is 19.2 Å². The van der Waals surface area contributed by atoms with Crippen molar-refractivity contribution in [2.75, 3.05) is 0 Å². The molecule has 1 aliphatic heterocycles. The van der Waals surface area contributed by atoms with Crippen molar-refractivity contribution in [3.05, 3.63) is 88.2 Å². The van der Waals surface area contributed by atoms with E-state index in [1.165, 1.54) is 46.2 Å². The van der Waals surface area contributed by atoms with Gasteiger partial charge in [0.1, 0.15) is 0 Å². The molecule has 0 radical (unpaired) electrons. The molecule has 1 aliphatic carbocycles. The molecule has 0 bridgehead atoms. The number of carbonyl (C=O) groups excluding carboxylic acids is 1. The van der Waals surface area contributed by atoms with E-state index in [0.717, 1.165) is 37.1 Å². The predicted molar refractivity (Wildman–Crippen MR) is 121 cm³/mol. The molecule has 0 unspecified atom stereocenters. The zero-order valence-electron chi connectivity index (χ0n) is 17.8. The summed E-state index contributed by atoms with van der Waals surface area (Å²) in [5, 5.41) is 0. The van der Waals surface area contributed by atoms with Gasteiger partial charge in [0.05, 0.1) is 0 Å². The normalized spacial score (nSPS) is 16.3. The van der Waals surface area contributed by atoms with E-state index in [4.69, 9.17) is 0 Å². The van der Waals surface area contributed by atoms with E-state index in [1.54, 1.807) is 0 Å². The first-order valence-electron chi connectivity index (χ1n) is 11.0. The Labute approximate surface area is 178 Å². The summed E-state index contributed by atoms with van der Waals surface area (Å²) in [7, 11) is 0. The Balaban J connectivity index is 1.37. The number of amides is 1. The molecule has 0 N–H and O–H groups in total. The first-order valence-corrected chi connectivity index (χ1v) is 11.0. The molecule has 3 aromatic rings. The van der Waals surface area contributed by atoms with Crippen LogP contribution in [0.3, 0.4) is 0 Å². The van der Waals surface area contributed by atoms with Crippen LogP contribution in [0.1, 0.15) is 64.0 Å². The van der Waals surface area contributed by atoms with Crippen molar-refractivity contribution in [1.29, 1.82) is 0 Å². The Morgan fingerprint density at radius 1 is 0.967 bits per heavy atom. The molecule has 0 saturated heterocycles. The number of aryl methyl sites for hydroxylation is 2. The fourth-order valence-electron chi connectivity index (χ4n) is 5.01. The Hall–Kier alpha value is -2.94. The summed E-state index contributed by atoms with van der Waals surface area (Å²) in [5.74, 6) is 0.238. The quantitative estimate of drug-likeness (QED) is 0.554. The number of fused-ring (bicyclic) bond motifs is 1. The standard InChI is InChI=1S/C27H28N2O/c1-18-13-24-17-29(25-5-3-4-6-25)27(30)26(24)16-23(18)15-20-7-9-21(10-8-20)22-11-12-28-19(2)14-22/h7-14,16,25H,3-6,15,17H2,1-2H3. The second-order valence-corrected chi connectivity index (χ2v) is 8.87. The van der Waals surface area contributed by atoms with Crippen LogP contribution in [-0.4, -0.2) is 21.8 Å². The van der Waals surface area contributed by atoms with Crippen molar-refractivity contribution in [3.8, 4) is 11.1 Å². The smallest absolute Gasteiger partial charge is 0.254 e. The van der Waals surface area contributed by atoms with Crippen LogP contribution >= 0.6 is 0 Å². The molecule has 3 nitrogen and oxygen atoms in total. The number of nitrogens with zero attached hydrogens (tertiary/aromatic N) is 2. The lowest BCUT2D eigenvalue weighted by Gasteiger charge is -2.23. The van der Waals surface area contributed by atoms with Crippen molar-refractivity contribution >= 4 is 5.91 Å². The van der Waals surface area contributed by atoms with Gasteiger partial charge in [0, 0.05) is 30.0 Å². The highest BCUT2D eigenvalue weighted by molar-refractivity contribution is 5.99. The molecule has 2 aliphatic rings. The SMILES string of the molecule is Cc1cc(-c2ccc(Cc3cc4c(cc3C)CN(C3CCCC3)C4=O)cc2)ccn1. The summed E-state index contributed by atoms with van der Waals surface area (Å²) in [5.41, 5.74) is 9.36. The van der Waals surface area contributed by atoms with E-state index >= 15 is 0 Å². The van der Waals surface area contributed by atoms with Gasteiger partial charge in [-0.05, 0) is 84.7 Å². The van der Waals surface area contributed by atoms with Crippen LogP contribution in [-0.2, 0) is 13.0 Å². The lowest BCUT2D eigenvalue weighted by Crippen LogP contribution is -2.33. The maximum atomic E-state index is 13.0. The number of rotatable bonds is 4. The van der Waals surface area contributed by atoms with Crippen LogP contribution in [0.25, 0.3) is 11.1 Å². The van der Waals surface area contributed by atoms with E-state index < -0.39 is 0 Å². The molecule has 2 heterocycles. The van der Waals surface area contributed by atoms with Crippen molar-refractivity contribution in [1.82, 2.24) is 9.88 Å². The molecule has 152 valence electrons. The topological polar surface area (TPSA) is 33.2 Å². The molecule has 30 heavy (non-hydrogen) atoms. The van der Waals surface area contributed by atoms with Gasteiger partial charge in [0.15, 0.2) is 0 Å². The highest BCUT2D eigenvalue weighted by atomic mass is 16.2. The largest absolute Gasteiger partial charge is 0.331 e. The summed E-state index contributed by atoms with van der Waals surface area (Å²) in [4.78, 5) is 19.4. The Bertz CT molecular complexity index is 1090. The number of pyridine rings is 1. The first-order chi connectivity index (χ1) is 14.6. The van der Waals surface area contributed by atoms with Crippen LogP contribution in [0.5, 0.6) is 0 Å². The number of hydrogen-bond acceptors (Lipinski definition) is 2. The molecule has 1 saturated carbocycles. The predicted octanol–water partition coefficient (Wildman–Crippen LogP) is 5.85. The van der Waals surface area contributed by atoms with Crippen molar-refractivity contribution < 1.29 is 4.79 Å². The fourth-order valence-corrected chi connectivity index (χ4v) is 5.01. The molecule has 5 rings (SSSR count). The van der Waals surface area contributed by atoms with Gasteiger partial charge in [-0.25, -0.2) is 0 Å². The lowest BCUT2D eigenvalue weighted by atomic mass is 9.95. The molecule has 1 fully saturated rings. The van der Waals surface area contributed by atoms with Gasteiger partial charge in [-0.1, -0.05) is 43.2 Å². The van der Waals surface area contributed by atoms with Gasteiger partial charge in [0.25, 0.3) is 5.91 Å². The van der Waals surface area contributed by atoms with Crippen LogP contribution in [0, 0.1) is 13.8 Å². The summed E-state index contributed by atoms with van der Waals surface area (Å²) in [6.07, 6.45) is 7.54. The van der Waals surface area contributed by atoms with Gasteiger partial charge in [-0.15, -0.1) is 0 Å². The maximum absolute atomic E-state index is 13.0. The number of benzene rings is 2. The molecule has 0 atom stereocenters. The summed E-state index contributed by atoms with van der Waals surface area (Å²) in [6, 6.07) is 17.8. The number of hydrogen-bond donors (Lipinski definition) is 0. The summed E-state index contributed by atoms with van der Waals surface area (Å²) >= 11 is 0. The molecule has 1 aromatic heterocycles. The minimum absolute atomic E-state index is 0.238. The van der Waals surface area contributed by atoms with Crippen LogP contribution in [0.15, 0.2) is 54.7 Å². The Morgan fingerprint density at radius 2 is 1.73 bits per heavy atom. The zero-order chi connectivity index (χ0) is 20.7. The average molecular weight is 397 g/mol. The van der Waals surface area contributed by atoms with Crippen LogP contribution in [0.2, 0.25) is 0 Å². The molecular formula is C27H28N2O.